The molecule has 0 radical (unpaired) electrons. The fraction of sp³-hybridized carbons (Fsp3) is 0.405. The molecule has 0 N–H and O–H groups in total. The Hall–Kier alpha value is -5.53. The number of epoxide rings is 1. The summed E-state index contributed by atoms with van der Waals surface area (Å²) in [6, 6.07) is 11.7. The highest BCUT2D eigenvalue weighted by molar-refractivity contribution is 6.30. The molecule has 13 nitrogen and oxygen atoms in total. The van der Waals surface area contributed by atoms with E-state index in [9.17, 15) is 19.2 Å². The smallest absolute Gasteiger partial charge is 0.455 e. The molecule has 55 heavy (non-hydrogen) atoms. The lowest BCUT2D eigenvalue weighted by atomic mass is 9.51. The zero-order valence-electron chi connectivity index (χ0n) is 31.6. The van der Waals surface area contributed by atoms with Crippen LogP contribution in [0.5, 0.6) is 17.2 Å². The maximum Gasteiger partial charge on any atom is 0.514 e. The van der Waals surface area contributed by atoms with E-state index in [1.54, 1.807) is 72.7 Å². The van der Waals surface area contributed by atoms with E-state index in [1.165, 1.54) is 6.07 Å². The van der Waals surface area contributed by atoms with E-state index in [0.29, 0.717) is 39.3 Å². The summed E-state index contributed by atoms with van der Waals surface area (Å²) in [7, 11) is 0. The number of benzene rings is 3. The lowest BCUT2D eigenvalue weighted by Gasteiger charge is -2.46. The van der Waals surface area contributed by atoms with Crippen molar-refractivity contribution in [1.82, 2.24) is 5.16 Å². The van der Waals surface area contributed by atoms with Gasteiger partial charge in [-0.05, 0) is 92.1 Å². The first-order valence-corrected chi connectivity index (χ1v) is 18.2. The van der Waals surface area contributed by atoms with Crippen LogP contribution in [0.2, 0.25) is 0 Å². The van der Waals surface area contributed by atoms with Crippen LogP contribution in [0, 0.1) is 12.8 Å². The Labute approximate surface area is 315 Å². The maximum absolute atomic E-state index is 15.0. The summed E-state index contributed by atoms with van der Waals surface area (Å²) < 4.78 is 49.3. The normalized spacial score (nSPS) is 28.3. The van der Waals surface area contributed by atoms with Gasteiger partial charge in [-0.1, -0.05) is 23.4 Å². The molecule has 2 saturated heterocycles. The zero-order chi connectivity index (χ0) is 38.9. The van der Waals surface area contributed by atoms with Gasteiger partial charge in [0.1, 0.15) is 51.3 Å². The number of ether oxygens (including phenoxy) is 7. The van der Waals surface area contributed by atoms with Gasteiger partial charge in [0.05, 0.1) is 22.8 Å². The van der Waals surface area contributed by atoms with Crippen LogP contribution >= 0.6 is 0 Å². The van der Waals surface area contributed by atoms with Crippen LogP contribution in [0.25, 0.3) is 11.3 Å². The second-order valence-corrected chi connectivity index (χ2v) is 17.3. The van der Waals surface area contributed by atoms with Crippen molar-refractivity contribution in [3.8, 4) is 28.5 Å². The van der Waals surface area contributed by atoms with Crippen molar-refractivity contribution >= 4 is 23.9 Å². The number of rotatable bonds is 2. The van der Waals surface area contributed by atoms with Gasteiger partial charge in [0.2, 0.25) is 5.78 Å². The van der Waals surface area contributed by atoms with E-state index in [4.69, 9.17) is 37.7 Å². The van der Waals surface area contributed by atoms with Crippen LogP contribution in [0.1, 0.15) is 121 Å². The van der Waals surface area contributed by atoms with Crippen molar-refractivity contribution in [3.05, 3.63) is 92.7 Å². The van der Waals surface area contributed by atoms with Gasteiger partial charge in [-0.3, -0.25) is 9.59 Å². The average Bonchev–Trinajstić information content (AvgIpc) is 3.32. The van der Waals surface area contributed by atoms with Gasteiger partial charge in [-0.25, -0.2) is 9.59 Å². The Bertz CT molecular complexity index is 2500. The SMILES string of the molecule is Cc1cc(OC(=O)OC(C)(C)C)c2c(c1)C(=O)c1ccc3c(c1C2=O)O[C@]12O[C@H](C)[C@H]4[C@@]5(C)O[C@H]5c5onc(c5[C@]341)-c1c(OC(=O)OC(C)(C)C)cccc12. The van der Waals surface area contributed by atoms with Crippen molar-refractivity contribution in [2.24, 2.45) is 5.92 Å². The van der Waals surface area contributed by atoms with Gasteiger partial charge in [-0.2, -0.15) is 0 Å². The van der Waals surface area contributed by atoms with Gasteiger partial charge < -0.3 is 37.7 Å². The van der Waals surface area contributed by atoms with Crippen molar-refractivity contribution in [1.29, 1.82) is 0 Å². The topological polar surface area (TPSA) is 162 Å². The quantitative estimate of drug-likeness (QED) is 0.0979. The van der Waals surface area contributed by atoms with E-state index in [2.05, 4.69) is 5.16 Å². The molecule has 6 aliphatic rings. The molecule has 13 heteroatoms. The molecule has 3 aliphatic heterocycles. The number of nitrogens with zero attached hydrogens (tertiary/aromatic N) is 1. The number of aromatic nitrogens is 1. The first kappa shape index (κ1) is 34.0. The summed E-state index contributed by atoms with van der Waals surface area (Å²) >= 11 is 0. The van der Waals surface area contributed by atoms with Gasteiger partial charge in [0, 0.05) is 33.7 Å². The molecule has 0 saturated carbocycles. The number of fused-ring (bicyclic) bond motifs is 9. The minimum Gasteiger partial charge on any atom is -0.455 e. The standard InChI is InChI=1S/C42H37NO12/c1-17-15-20-25(24(16-17)49-37(47)54-39(6,7)8)31(45)26-19(30(20)44)13-14-22-32(26)51-42-21-11-10-12-23(48-36(46)53-38(3,4)5)27(21)29-28-33(55-43-29)35-40(9,52-35)34(18(2)50-42)41(22,28)42/h10-16,18,34-35H,1-9H3/t18-,34+,35+,40-,41-,42+/m1/s1. The number of aryl methyl sites for hydroxylation is 1. The first-order chi connectivity index (χ1) is 25.8. The third-order valence-corrected chi connectivity index (χ3v) is 11.4. The maximum atomic E-state index is 15.0. The first-order valence-electron chi connectivity index (χ1n) is 18.2. The van der Waals surface area contributed by atoms with E-state index in [0.717, 1.165) is 0 Å². The molecular formula is C42H37NO12. The summed E-state index contributed by atoms with van der Waals surface area (Å²) in [5.41, 5.74) is -0.459. The van der Waals surface area contributed by atoms with Crippen LogP contribution in [-0.2, 0) is 30.1 Å². The van der Waals surface area contributed by atoms with Crippen LogP contribution in [0.15, 0.2) is 47.0 Å². The lowest BCUT2D eigenvalue weighted by molar-refractivity contribution is -0.187. The van der Waals surface area contributed by atoms with Crippen LogP contribution in [0.3, 0.4) is 0 Å². The fourth-order valence-electron chi connectivity index (χ4n) is 9.84. The number of hydrogen-bond acceptors (Lipinski definition) is 13. The molecule has 3 aliphatic carbocycles. The van der Waals surface area contributed by atoms with Gasteiger partial charge in [-0.15, -0.1) is 0 Å². The molecule has 6 atom stereocenters. The molecule has 1 aromatic heterocycles. The Balaban J connectivity index is 1.21. The monoisotopic (exact) mass is 747 g/mol. The van der Waals surface area contributed by atoms with Crippen molar-refractivity contribution in [2.75, 3.05) is 0 Å². The Kier molecular flexibility index (Phi) is 6.31. The number of carbonyl (C=O) groups excluding carboxylic acids is 4. The predicted molar refractivity (Wildman–Crippen MR) is 190 cm³/mol. The van der Waals surface area contributed by atoms with E-state index >= 15 is 0 Å². The largest absolute Gasteiger partial charge is 0.514 e. The summed E-state index contributed by atoms with van der Waals surface area (Å²) in [6.07, 6.45) is -2.86. The minimum absolute atomic E-state index is 0.000740. The molecule has 282 valence electrons. The summed E-state index contributed by atoms with van der Waals surface area (Å²) in [5, 5.41) is 4.59. The van der Waals surface area contributed by atoms with Crippen molar-refractivity contribution in [3.63, 3.8) is 0 Å². The summed E-state index contributed by atoms with van der Waals surface area (Å²) in [4.78, 5) is 55.5. The molecule has 0 unspecified atom stereocenters. The predicted octanol–water partition coefficient (Wildman–Crippen LogP) is 7.78. The van der Waals surface area contributed by atoms with E-state index in [-0.39, 0.29) is 39.5 Å². The number of carbonyl (C=O) groups is 4. The van der Waals surface area contributed by atoms with Crippen LogP contribution in [-0.4, -0.2) is 51.9 Å². The van der Waals surface area contributed by atoms with E-state index < -0.39 is 70.0 Å². The van der Waals surface area contributed by atoms with Gasteiger partial charge in [0.15, 0.2) is 11.5 Å². The van der Waals surface area contributed by atoms with Crippen molar-refractivity contribution < 1.29 is 56.9 Å². The Morgan fingerprint density at radius 1 is 0.800 bits per heavy atom. The number of hydrogen-bond donors (Lipinski definition) is 0. The molecular weight excluding hydrogens is 710 g/mol. The second-order valence-electron chi connectivity index (χ2n) is 17.3. The molecule has 4 heterocycles. The molecule has 2 fully saturated rings. The highest BCUT2D eigenvalue weighted by Crippen LogP contribution is 2.80. The highest BCUT2D eigenvalue weighted by atomic mass is 16.7. The number of ketones is 2. The highest BCUT2D eigenvalue weighted by Gasteiger charge is 2.86. The average molecular weight is 748 g/mol. The summed E-state index contributed by atoms with van der Waals surface area (Å²) in [5.74, 6) is -2.46. The zero-order valence-corrected chi connectivity index (χ0v) is 31.6. The lowest BCUT2D eigenvalue weighted by Crippen LogP contribution is -2.56. The molecule has 1 spiro atoms. The molecule has 0 bridgehead atoms. The Morgan fingerprint density at radius 3 is 2.18 bits per heavy atom. The second kappa shape index (κ2) is 10.2. The van der Waals surface area contributed by atoms with Crippen LogP contribution < -0.4 is 14.2 Å². The summed E-state index contributed by atoms with van der Waals surface area (Å²) in [6.45, 7) is 16.0. The third-order valence-electron chi connectivity index (χ3n) is 11.4. The molecule has 10 rings (SSSR count). The molecule has 3 aromatic carbocycles. The van der Waals surface area contributed by atoms with Crippen LogP contribution in [0.4, 0.5) is 9.59 Å². The Morgan fingerprint density at radius 2 is 1.49 bits per heavy atom. The van der Waals surface area contributed by atoms with Gasteiger partial charge in [0.25, 0.3) is 5.79 Å². The van der Waals surface area contributed by atoms with E-state index in [1.807, 2.05) is 26.0 Å². The fourth-order valence-corrected chi connectivity index (χ4v) is 9.84. The third kappa shape index (κ3) is 4.17. The van der Waals surface area contributed by atoms with Crippen molar-refractivity contribution in [2.45, 2.75) is 103 Å². The molecule has 4 aromatic rings. The minimum atomic E-state index is -1.67. The molecule has 0 amide bonds. The van der Waals surface area contributed by atoms with Gasteiger partial charge >= 0.3 is 12.3 Å².